The van der Waals surface area contributed by atoms with Crippen LogP contribution < -0.4 is 0 Å². The highest BCUT2D eigenvalue weighted by atomic mass is 16.1. The molecule has 56 valence electrons. The molecule has 3 nitrogen and oxygen atoms in total. The first kappa shape index (κ1) is 6.34. The molecule has 3 heteroatoms. The highest BCUT2D eigenvalue weighted by molar-refractivity contribution is 5.82. The zero-order valence-electron chi connectivity index (χ0n) is 6.00. The Morgan fingerprint density at radius 1 is 1.55 bits per heavy atom. The van der Waals surface area contributed by atoms with E-state index in [1.807, 2.05) is 6.08 Å². The zero-order chi connectivity index (χ0) is 7.68. The second-order valence-electron chi connectivity index (χ2n) is 2.60. The number of nitrogens with zero attached hydrogens (tertiary/aromatic N) is 1. The normalized spacial score (nSPS) is 15.5. The van der Waals surface area contributed by atoms with Gasteiger partial charge in [-0.25, -0.2) is 4.98 Å². The molecule has 11 heavy (non-hydrogen) atoms. The van der Waals surface area contributed by atoms with E-state index in [2.05, 4.69) is 9.97 Å². The number of aryl methyl sites for hydroxylation is 1. The van der Waals surface area contributed by atoms with Crippen molar-refractivity contribution in [2.24, 2.45) is 0 Å². The number of aldehydes is 1. The molecule has 1 aromatic heterocycles. The SMILES string of the molecule is O=CC1=Cc2nc[nH]c2CC1. The summed E-state index contributed by atoms with van der Waals surface area (Å²) in [4.78, 5) is 17.5. The number of nitrogens with one attached hydrogen (secondary N) is 1. The van der Waals surface area contributed by atoms with Crippen molar-refractivity contribution in [3.8, 4) is 0 Å². The van der Waals surface area contributed by atoms with Crippen molar-refractivity contribution in [2.45, 2.75) is 12.8 Å². The molecule has 0 aliphatic heterocycles. The number of aromatic nitrogens is 2. The molecule has 0 bridgehead atoms. The first-order chi connectivity index (χ1) is 5.40. The number of hydrogen-bond acceptors (Lipinski definition) is 2. The number of aromatic amines is 1. The van der Waals surface area contributed by atoms with E-state index in [-0.39, 0.29) is 0 Å². The molecule has 2 rings (SSSR count). The fourth-order valence-electron chi connectivity index (χ4n) is 1.27. The third kappa shape index (κ3) is 0.981. The topological polar surface area (TPSA) is 45.8 Å². The van der Waals surface area contributed by atoms with Crippen LogP contribution in [0.5, 0.6) is 0 Å². The lowest BCUT2D eigenvalue weighted by Crippen LogP contribution is -1.99. The third-order valence-electron chi connectivity index (χ3n) is 1.89. The average molecular weight is 148 g/mol. The van der Waals surface area contributed by atoms with Crippen molar-refractivity contribution in [2.75, 3.05) is 0 Å². The van der Waals surface area contributed by atoms with Crippen molar-refractivity contribution < 1.29 is 4.79 Å². The van der Waals surface area contributed by atoms with Gasteiger partial charge in [-0.05, 0) is 24.5 Å². The maximum absolute atomic E-state index is 10.4. The van der Waals surface area contributed by atoms with E-state index in [0.717, 1.165) is 36.1 Å². The summed E-state index contributed by atoms with van der Waals surface area (Å²) in [5, 5.41) is 0. The lowest BCUT2D eigenvalue weighted by molar-refractivity contribution is -0.105. The Kier molecular flexibility index (Phi) is 1.35. The molecule has 0 saturated carbocycles. The number of imidazole rings is 1. The quantitative estimate of drug-likeness (QED) is 0.602. The Hall–Kier alpha value is -1.38. The van der Waals surface area contributed by atoms with Crippen LogP contribution in [0.1, 0.15) is 17.8 Å². The van der Waals surface area contributed by atoms with Crippen LogP contribution in [0.15, 0.2) is 11.9 Å². The highest BCUT2D eigenvalue weighted by Gasteiger charge is 2.10. The van der Waals surface area contributed by atoms with E-state index in [9.17, 15) is 4.79 Å². The minimum atomic E-state index is 0.832. The van der Waals surface area contributed by atoms with Gasteiger partial charge < -0.3 is 4.98 Å². The summed E-state index contributed by atoms with van der Waals surface area (Å²) in [6, 6.07) is 0. The monoisotopic (exact) mass is 148 g/mol. The van der Waals surface area contributed by atoms with Gasteiger partial charge in [-0.3, -0.25) is 4.79 Å². The molecule has 0 atom stereocenters. The summed E-state index contributed by atoms with van der Waals surface area (Å²) in [5.74, 6) is 0. The van der Waals surface area contributed by atoms with Gasteiger partial charge in [0.2, 0.25) is 0 Å². The van der Waals surface area contributed by atoms with E-state index in [0.29, 0.717) is 0 Å². The molecular formula is C8H8N2O. The van der Waals surface area contributed by atoms with Gasteiger partial charge in [-0.1, -0.05) is 0 Å². The maximum Gasteiger partial charge on any atom is 0.146 e. The molecule has 1 aromatic rings. The van der Waals surface area contributed by atoms with Crippen LogP contribution >= 0.6 is 0 Å². The summed E-state index contributed by atoms with van der Waals surface area (Å²) < 4.78 is 0. The van der Waals surface area contributed by atoms with Gasteiger partial charge in [0.15, 0.2) is 0 Å². The van der Waals surface area contributed by atoms with Gasteiger partial charge in [0, 0.05) is 5.69 Å². The number of fused-ring (bicyclic) bond motifs is 1. The Morgan fingerprint density at radius 3 is 3.27 bits per heavy atom. The largest absolute Gasteiger partial charge is 0.348 e. The summed E-state index contributed by atoms with van der Waals surface area (Å²) in [7, 11) is 0. The van der Waals surface area contributed by atoms with Gasteiger partial charge in [-0.15, -0.1) is 0 Å². The standard InChI is InChI=1S/C8H8N2O/c11-4-6-1-2-7-8(3-6)10-5-9-7/h3-5H,1-2H2,(H,9,10). The molecule has 1 aliphatic carbocycles. The van der Waals surface area contributed by atoms with Crippen molar-refractivity contribution in [3.05, 3.63) is 23.3 Å². The maximum atomic E-state index is 10.4. The summed E-state index contributed by atoms with van der Waals surface area (Å²) in [6.07, 6.45) is 6.13. The first-order valence-electron chi connectivity index (χ1n) is 3.58. The van der Waals surface area contributed by atoms with E-state index >= 15 is 0 Å². The lowest BCUT2D eigenvalue weighted by atomic mass is 10.0. The van der Waals surface area contributed by atoms with Crippen molar-refractivity contribution >= 4 is 12.4 Å². The fourth-order valence-corrected chi connectivity index (χ4v) is 1.27. The Labute approximate surface area is 64.2 Å². The fraction of sp³-hybridized carbons (Fsp3) is 0.250. The van der Waals surface area contributed by atoms with Crippen LogP contribution in [0, 0.1) is 0 Å². The Morgan fingerprint density at radius 2 is 2.45 bits per heavy atom. The molecule has 1 aliphatic rings. The van der Waals surface area contributed by atoms with E-state index < -0.39 is 0 Å². The average Bonchev–Trinajstić information content (AvgIpc) is 2.50. The second kappa shape index (κ2) is 2.34. The highest BCUT2D eigenvalue weighted by Crippen LogP contribution is 2.18. The Balaban J connectivity index is 2.44. The van der Waals surface area contributed by atoms with Gasteiger partial charge in [0.1, 0.15) is 6.29 Å². The molecular weight excluding hydrogens is 140 g/mol. The molecule has 0 fully saturated rings. The second-order valence-corrected chi connectivity index (χ2v) is 2.60. The molecule has 0 saturated heterocycles. The van der Waals surface area contributed by atoms with Crippen molar-refractivity contribution in [3.63, 3.8) is 0 Å². The van der Waals surface area contributed by atoms with Crippen LogP contribution in [0.2, 0.25) is 0 Å². The van der Waals surface area contributed by atoms with Crippen molar-refractivity contribution in [1.29, 1.82) is 0 Å². The third-order valence-corrected chi connectivity index (χ3v) is 1.89. The number of carbonyl (C=O) groups excluding carboxylic acids is 1. The predicted molar refractivity (Wildman–Crippen MR) is 40.9 cm³/mol. The van der Waals surface area contributed by atoms with Gasteiger partial charge >= 0.3 is 0 Å². The minimum Gasteiger partial charge on any atom is -0.348 e. The van der Waals surface area contributed by atoms with Crippen molar-refractivity contribution in [1.82, 2.24) is 9.97 Å². The van der Waals surface area contributed by atoms with Crippen LogP contribution in [-0.4, -0.2) is 16.3 Å². The van der Waals surface area contributed by atoms with Gasteiger partial charge in [0.25, 0.3) is 0 Å². The number of H-pyrrole nitrogens is 1. The molecule has 0 radical (unpaired) electrons. The van der Waals surface area contributed by atoms with E-state index in [4.69, 9.17) is 0 Å². The molecule has 0 amide bonds. The smallest absolute Gasteiger partial charge is 0.146 e. The van der Waals surface area contributed by atoms with Crippen LogP contribution in [0.25, 0.3) is 6.08 Å². The molecule has 0 aromatic carbocycles. The summed E-state index contributed by atoms with van der Waals surface area (Å²) in [6.45, 7) is 0. The first-order valence-corrected chi connectivity index (χ1v) is 3.58. The van der Waals surface area contributed by atoms with Gasteiger partial charge in [0.05, 0.1) is 12.0 Å². The summed E-state index contributed by atoms with van der Waals surface area (Å²) >= 11 is 0. The molecule has 1 N–H and O–H groups in total. The van der Waals surface area contributed by atoms with Crippen LogP contribution in [0.3, 0.4) is 0 Å². The summed E-state index contributed by atoms with van der Waals surface area (Å²) in [5.41, 5.74) is 2.89. The Bertz CT molecular complexity index is 312. The van der Waals surface area contributed by atoms with E-state index in [1.54, 1.807) is 6.33 Å². The lowest BCUT2D eigenvalue weighted by Gasteiger charge is -2.05. The molecule has 1 heterocycles. The molecule has 0 spiro atoms. The minimum absolute atomic E-state index is 0.832. The van der Waals surface area contributed by atoms with Crippen LogP contribution in [0.4, 0.5) is 0 Å². The zero-order valence-corrected chi connectivity index (χ0v) is 6.00. The predicted octanol–water partition coefficient (Wildman–Crippen LogP) is 0.938. The number of hydrogen-bond donors (Lipinski definition) is 1. The number of rotatable bonds is 1. The number of carbonyl (C=O) groups is 1. The molecule has 0 unspecified atom stereocenters. The number of allylic oxidation sites excluding steroid dienone is 1. The van der Waals surface area contributed by atoms with E-state index in [1.165, 1.54) is 0 Å². The van der Waals surface area contributed by atoms with Crippen LogP contribution in [-0.2, 0) is 11.2 Å². The van der Waals surface area contributed by atoms with Gasteiger partial charge in [-0.2, -0.15) is 0 Å².